The molecule has 2 heteroatoms. The minimum Gasteiger partial charge on any atom is -0.497 e. The molecule has 0 saturated heterocycles. The van der Waals surface area contributed by atoms with E-state index in [1.807, 2.05) is 12.1 Å². The molecule has 0 aliphatic rings. The highest BCUT2D eigenvalue weighted by Crippen LogP contribution is 2.33. The fraction of sp³-hybridized carbons (Fsp3) is 0.600. The fourth-order valence-corrected chi connectivity index (χ4v) is 2.00. The molecule has 0 spiro atoms. The number of hydrogen-bond acceptors (Lipinski definition) is 2. The Labute approximate surface area is 106 Å². The van der Waals surface area contributed by atoms with Crippen LogP contribution in [0.15, 0.2) is 24.3 Å². The normalized spacial score (nSPS) is 13.8. The summed E-state index contributed by atoms with van der Waals surface area (Å²) in [6.45, 7) is 6.85. The molecule has 1 atom stereocenters. The topological polar surface area (TPSA) is 12.5 Å². The van der Waals surface area contributed by atoms with Gasteiger partial charge in [-0.3, -0.25) is 0 Å². The van der Waals surface area contributed by atoms with Gasteiger partial charge in [0.1, 0.15) is 5.75 Å². The summed E-state index contributed by atoms with van der Waals surface area (Å²) in [5, 5.41) is 0. The van der Waals surface area contributed by atoms with Crippen molar-refractivity contribution in [1.82, 2.24) is 4.90 Å². The van der Waals surface area contributed by atoms with E-state index in [9.17, 15) is 0 Å². The first-order valence-electron chi connectivity index (χ1n) is 6.14. The number of rotatable bonds is 4. The lowest BCUT2D eigenvalue weighted by Crippen LogP contribution is -2.24. The minimum atomic E-state index is 0.328. The van der Waals surface area contributed by atoms with E-state index in [1.54, 1.807) is 7.11 Å². The van der Waals surface area contributed by atoms with E-state index in [4.69, 9.17) is 4.74 Å². The van der Waals surface area contributed by atoms with Crippen molar-refractivity contribution in [3.8, 4) is 5.75 Å². The van der Waals surface area contributed by atoms with Gasteiger partial charge in [-0.1, -0.05) is 32.9 Å². The monoisotopic (exact) mass is 235 g/mol. The van der Waals surface area contributed by atoms with Crippen LogP contribution in [0.1, 0.15) is 38.8 Å². The molecule has 0 fully saturated rings. The van der Waals surface area contributed by atoms with Gasteiger partial charge < -0.3 is 9.64 Å². The van der Waals surface area contributed by atoms with E-state index in [-0.39, 0.29) is 0 Å². The Kier molecular flexibility index (Phi) is 4.58. The number of ether oxygens (including phenoxy) is 1. The maximum Gasteiger partial charge on any atom is 0.118 e. The van der Waals surface area contributed by atoms with Gasteiger partial charge in [0.15, 0.2) is 0 Å². The third-order valence-electron chi connectivity index (χ3n) is 2.93. The molecule has 0 amide bonds. The van der Waals surface area contributed by atoms with Crippen LogP contribution in [0.5, 0.6) is 5.75 Å². The van der Waals surface area contributed by atoms with Crippen LogP contribution >= 0.6 is 0 Å². The highest BCUT2D eigenvalue weighted by molar-refractivity contribution is 5.29. The van der Waals surface area contributed by atoms with Crippen molar-refractivity contribution in [1.29, 1.82) is 0 Å². The Bertz CT molecular complexity index is 335. The average Bonchev–Trinajstić information content (AvgIpc) is 2.25. The molecule has 0 heterocycles. The largest absolute Gasteiger partial charge is 0.497 e. The van der Waals surface area contributed by atoms with Gasteiger partial charge in [-0.15, -0.1) is 0 Å². The minimum absolute atomic E-state index is 0.328. The molecule has 0 N–H and O–H groups in total. The summed E-state index contributed by atoms with van der Waals surface area (Å²) in [5.74, 6) is 0.919. The lowest BCUT2D eigenvalue weighted by atomic mass is 9.85. The molecule has 1 aromatic carbocycles. The predicted molar refractivity (Wildman–Crippen MR) is 73.5 cm³/mol. The maximum absolute atomic E-state index is 5.20. The van der Waals surface area contributed by atoms with Gasteiger partial charge >= 0.3 is 0 Å². The molecule has 0 saturated carbocycles. The SMILES string of the molecule is COc1ccc(C(CC(C)(C)C)N(C)C)cc1. The summed E-state index contributed by atoms with van der Waals surface area (Å²) in [4.78, 5) is 2.28. The summed E-state index contributed by atoms with van der Waals surface area (Å²) < 4.78 is 5.20. The van der Waals surface area contributed by atoms with Crippen LogP contribution in [0.3, 0.4) is 0 Å². The zero-order valence-electron chi connectivity index (χ0n) is 11.9. The smallest absolute Gasteiger partial charge is 0.118 e. The van der Waals surface area contributed by atoms with E-state index in [1.165, 1.54) is 5.56 Å². The van der Waals surface area contributed by atoms with E-state index >= 15 is 0 Å². The lowest BCUT2D eigenvalue weighted by molar-refractivity contribution is 0.211. The van der Waals surface area contributed by atoms with Gasteiger partial charge in [-0.2, -0.15) is 0 Å². The Morgan fingerprint density at radius 1 is 1.12 bits per heavy atom. The Morgan fingerprint density at radius 3 is 2.00 bits per heavy atom. The van der Waals surface area contributed by atoms with Crippen LogP contribution in [0.4, 0.5) is 0 Å². The van der Waals surface area contributed by atoms with Crippen molar-refractivity contribution < 1.29 is 4.74 Å². The van der Waals surface area contributed by atoms with Crippen LogP contribution in [-0.2, 0) is 0 Å². The molecule has 2 nitrogen and oxygen atoms in total. The average molecular weight is 235 g/mol. The number of methoxy groups -OCH3 is 1. The fourth-order valence-electron chi connectivity index (χ4n) is 2.00. The van der Waals surface area contributed by atoms with Crippen molar-refractivity contribution in [2.24, 2.45) is 5.41 Å². The molecule has 96 valence electrons. The number of hydrogen-bond donors (Lipinski definition) is 0. The van der Waals surface area contributed by atoms with Gasteiger partial charge in [0.05, 0.1) is 7.11 Å². The second-order valence-corrected chi connectivity index (χ2v) is 6.02. The van der Waals surface area contributed by atoms with Gasteiger partial charge in [0.25, 0.3) is 0 Å². The standard InChI is InChI=1S/C15H25NO/c1-15(2,3)11-14(16(4)5)12-7-9-13(17-6)10-8-12/h7-10,14H,11H2,1-6H3. The molecule has 1 rings (SSSR count). The molecule has 1 aromatic rings. The lowest BCUT2D eigenvalue weighted by Gasteiger charge is -2.31. The summed E-state index contributed by atoms with van der Waals surface area (Å²) in [7, 11) is 5.98. The molecular formula is C15H25NO. The molecule has 0 aromatic heterocycles. The molecule has 0 bridgehead atoms. The van der Waals surface area contributed by atoms with Gasteiger partial charge in [-0.25, -0.2) is 0 Å². The molecule has 0 aliphatic carbocycles. The number of nitrogens with zero attached hydrogens (tertiary/aromatic N) is 1. The molecule has 17 heavy (non-hydrogen) atoms. The zero-order chi connectivity index (χ0) is 13.1. The van der Waals surface area contributed by atoms with Crippen LogP contribution in [0, 0.1) is 5.41 Å². The van der Waals surface area contributed by atoms with Crippen LogP contribution in [-0.4, -0.2) is 26.1 Å². The van der Waals surface area contributed by atoms with Gasteiger partial charge in [-0.05, 0) is 43.6 Å². The van der Waals surface area contributed by atoms with Gasteiger partial charge in [0, 0.05) is 6.04 Å². The number of benzene rings is 1. The Morgan fingerprint density at radius 2 is 1.65 bits per heavy atom. The summed E-state index contributed by atoms with van der Waals surface area (Å²) in [5.41, 5.74) is 1.68. The highest BCUT2D eigenvalue weighted by atomic mass is 16.5. The highest BCUT2D eigenvalue weighted by Gasteiger charge is 2.21. The van der Waals surface area contributed by atoms with Crippen molar-refractivity contribution in [3.63, 3.8) is 0 Å². The summed E-state index contributed by atoms with van der Waals surface area (Å²) in [6, 6.07) is 8.86. The second-order valence-electron chi connectivity index (χ2n) is 6.02. The van der Waals surface area contributed by atoms with Gasteiger partial charge in [0.2, 0.25) is 0 Å². The molecule has 0 radical (unpaired) electrons. The van der Waals surface area contributed by atoms with E-state index < -0.39 is 0 Å². The van der Waals surface area contributed by atoms with E-state index in [0.29, 0.717) is 11.5 Å². The van der Waals surface area contributed by atoms with Crippen LogP contribution in [0.25, 0.3) is 0 Å². The summed E-state index contributed by atoms with van der Waals surface area (Å²) >= 11 is 0. The van der Waals surface area contributed by atoms with Crippen molar-refractivity contribution >= 4 is 0 Å². The zero-order valence-corrected chi connectivity index (χ0v) is 11.9. The summed E-state index contributed by atoms with van der Waals surface area (Å²) in [6.07, 6.45) is 1.15. The maximum atomic E-state index is 5.20. The third kappa shape index (κ3) is 4.39. The predicted octanol–water partition coefficient (Wildman–Crippen LogP) is 3.73. The molecule has 0 aliphatic heterocycles. The van der Waals surface area contributed by atoms with Crippen LogP contribution < -0.4 is 4.74 Å². The second kappa shape index (κ2) is 5.54. The first-order valence-corrected chi connectivity index (χ1v) is 6.14. The molecule has 1 unspecified atom stereocenters. The first-order chi connectivity index (χ1) is 7.83. The quantitative estimate of drug-likeness (QED) is 0.788. The van der Waals surface area contributed by atoms with E-state index in [2.05, 4.69) is 51.9 Å². The Balaban J connectivity index is 2.89. The van der Waals surface area contributed by atoms with E-state index in [0.717, 1.165) is 12.2 Å². The van der Waals surface area contributed by atoms with Crippen molar-refractivity contribution in [2.45, 2.75) is 33.2 Å². The van der Waals surface area contributed by atoms with Crippen molar-refractivity contribution in [3.05, 3.63) is 29.8 Å². The third-order valence-corrected chi connectivity index (χ3v) is 2.93. The van der Waals surface area contributed by atoms with Crippen molar-refractivity contribution in [2.75, 3.05) is 21.2 Å². The Hall–Kier alpha value is -1.02. The molecular weight excluding hydrogens is 210 g/mol. The van der Waals surface area contributed by atoms with Crippen LogP contribution in [0.2, 0.25) is 0 Å². The first kappa shape index (κ1) is 14.0.